The van der Waals surface area contributed by atoms with Crippen LogP contribution in [0.2, 0.25) is 0 Å². The zero-order chi connectivity index (χ0) is 14.8. The molecule has 0 radical (unpaired) electrons. The van der Waals surface area contributed by atoms with Gasteiger partial charge in [-0.15, -0.1) is 0 Å². The second-order valence-corrected chi connectivity index (χ2v) is 6.37. The van der Waals surface area contributed by atoms with Crippen LogP contribution in [0.15, 0.2) is 24.3 Å². The molecule has 110 valence electrons. The number of hydrogen-bond donors (Lipinski definition) is 1. The Balaban J connectivity index is 2.02. The van der Waals surface area contributed by atoms with Gasteiger partial charge in [0.05, 0.1) is 5.60 Å². The quantitative estimate of drug-likeness (QED) is 0.916. The van der Waals surface area contributed by atoms with Gasteiger partial charge >= 0.3 is 0 Å². The molecule has 2 rings (SSSR count). The molecule has 0 saturated heterocycles. The fourth-order valence-electron chi connectivity index (χ4n) is 2.94. The minimum Gasteiger partial charge on any atom is -0.388 e. The van der Waals surface area contributed by atoms with E-state index in [0.717, 1.165) is 25.7 Å². The highest BCUT2D eigenvalue weighted by molar-refractivity contribution is 5.94. The van der Waals surface area contributed by atoms with Crippen molar-refractivity contribution in [3.8, 4) is 0 Å². The average Bonchev–Trinajstić information content (AvgIpc) is 2.84. The number of rotatable bonds is 4. The summed E-state index contributed by atoms with van der Waals surface area (Å²) < 4.78 is 0. The highest BCUT2D eigenvalue weighted by atomic mass is 16.3. The van der Waals surface area contributed by atoms with Crippen molar-refractivity contribution in [1.82, 2.24) is 4.90 Å². The van der Waals surface area contributed by atoms with Crippen molar-refractivity contribution in [2.24, 2.45) is 0 Å². The SMILES string of the molecule is CC(C)c1ccc(C(=O)N(C)CC2(O)CCCC2)cc1. The number of hydrogen-bond acceptors (Lipinski definition) is 2. The summed E-state index contributed by atoms with van der Waals surface area (Å²) in [6, 6.07) is 7.78. The number of carbonyl (C=O) groups is 1. The summed E-state index contributed by atoms with van der Waals surface area (Å²) in [5, 5.41) is 10.4. The first-order chi connectivity index (χ1) is 9.41. The fraction of sp³-hybridized carbons (Fsp3) is 0.588. The Morgan fingerprint density at radius 2 is 1.80 bits per heavy atom. The summed E-state index contributed by atoms with van der Waals surface area (Å²) in [4.78, 5) is 14.0. The van der Waals surface area contributed by atoms with Gasteiger partial charge in [0.1, 0.15) is 0 Å². The van der Waals surface area contributed by atoms with Crippen LogP contribution in [0, 0.1) is 0 Å². The van der Waals surface area contributed by atoms with Crippen molar-refractivity contribution < 1.29 is 9.90 Å². The van der Waals surface area contributed by atoms with Gasteiger partial charge in [-0.25, -0.2) is 0 Å². The Labute approximate surface area is 121 Å². The van der Waals surface area contributed by atoms with Crippen LogP contribution >= 0.6 is 0 Å². The zero-order valence-electron chi connectivity index (χ0n) is 12.7. The van der Waals surface area contributed by atoms with E-state index in [4.69, 9.17) is 0 Å². The minimum atomic E-state index is -0.678. The van der Waals surface area contributed by atoms with Crippen molar-refractivity contribution in [3.63, 3.8) is 0 Å². The van der Waals surface area contributed by atoms with Crippen LogP contribution in [-0.2, 0) is 0 Å². The van der Waals surface area contributed by atoms with E-state index in [1.54, 1.807) is 11.9 Å². The van der Waals surface area contributed by atoms with Gasteiger partial charge in [-0.1, -0.05) is 38.8 Å². The van der Waals surface area contributed by atoms with E-state index < -0.39 is 5.60 Å². The van der Waals surface area contributed by atoms with Crippen LogP contribution < -0.4 is 0 Å². The molecule has 1 aliphatic rings. The molecule has 3 heteroatoms. The first kappa shape index (κ1) is 15.0. The summed E-state index contributed by atoms with van der Waals surface area (Å²) >= 11 is 0. The summed E-state index contributed by atoms with van der Waals surface area (Å²) in [6.07, 6.45) is 3.72. The van der Waals surface area contributed by atoms with E-state index >= 15 is 0 Å². The largest absolute Gasteiger partial charge is 0.388 e. The third-order valence-electron chi connectivity index (χ3n) is 4.24. The number of benzene rings is 1. The lowest BCUT2D eigenvalue weighted by Gasteiger charge is -2.28. The molecule has 1 amide bonds. The van der Waals surface area contributed by atoms with Crippen LogP contribution in [0.5, 0.6) is 0 Å². The van der Waals surface area contributed by atoms with Crippen molar-refractivity contribution in [2.75, 3.05) is 13.6 Å². The third-order valence-corrected chi connectivity index (χ3v) is 4.24. The molecule has 0 bridgehead atoms. The topological polar surface area (TPSA) is 40.5 Å². The molecule has 3 nitrogen and oxygen atoms in total. The molecule has 0 unspecified atom stereocenters. The first-order valence-corrected chi connectivity index (χ1v) is 7.49. The van der Waals surface area contributed by atoms with Gasteiger partial charge < -0.3 is 10.0 Å². The molecule has 0 aromatic heterocycles. The summed E-state index contributed by atoms with van der Waals surface area (Å²) in [5.74, 6) is 0.455. The van der Waals surface area contributed by atoms with Crippen LogP contribution in [0.25, 0.3) is 0 Å². The van der Waals surface area contributed by atoms with Crippen LogP contribution in [0.4, 0.5) is 0 Å². The van der Waals surface area contributed by atoms with Gasteiger partial charge in [-0.05, 0) is 36.5 Å². The molecule has 1 N–H and O–H groups in total. The molecule has 1 aromatic carbocycles. The number of amides is 1. The van der Waals surface area contributed by atoms with Crippen LogP contribution in [0.3, 0.4) is 0 Å². The molecule has 0 aliphatic heterocycles. The van der Waals surface area contributed by atoms with E-state index in [-0.39, 0.29) is 5.91 Å². The third kappa shape index (κ3) is 3.40. The number of aliphatic hydroxyl groups is 1. The monoisotopic (exact) mass is 275 g/mol. The average molecular weight is 275 g/mol. The number of nitrogens with zero attached hydrogens (tertiary/aromatic N) is 1. The van der Waals surface area contributed by atoms with E-state index in [1.165, 1.54) is 5.56 Å². The predicted molar refractivity (Wildman–Crippen MR) is 80.9 cm³/mol. The van der Waals surface area contributed by atoms with Crippen molar-refractivity contribution in [3.05, 3.63) is 35.4 Å². The van der Waals surface area contributed by atoms with E-state index in [9.17, 15) is 9.90 Å². The maximum Gasteiger partial charge on any atom is 0.253 e. The summed E-state index contributed by atoms with van der Waals surface area (Å²) in [6.45, 7) is 4.70. The molecule has 1 aliphatic carbocycles. The Morgan fingerprint density at radius 3 is 2.30 bits per heavy atom. The maximum absolute atomic E-state index is 12.4. The summed E-state index contributed by atoms with van der Waals surface area (Å²) in [5.41, 5.74) is 1.25. The minimum absolute atomic E-state index is 0.0133. The van der Waals surface area contributed by atoms with Gasteiger partial charge in [-0.3, -0.25) is 4.79 Å². The first-order valence-electron chi connectivity index (χ1n) is 7.49. The van der Waals surface area contributed by atoms with E-state index in [2.05, 4.69) is 13.8 Å². The normalized spacial score (nSPS) is 17.4. The summed E-state index contributed by atoms with van der Waals surface area (Å²) in [7, 11) is 1.77. The van der Waals surface area contributed by atoms with Gasteiger partial charge in [0.2, 0.25) is 0 Å². The van der Waals surface area contributed by atoms with Gasteiger partial charge in [0, 0.05) is 19.2 Å². The highest BCUT2D eigenvalue weighted by Crippen LogP contribution is 2.30. The number of carbonyl (C=O) groups excluding carboxylic acids is 1. The molecule has 0 heterocycles. The Morgan fingerprint density at radius 1 is 1.25 bits per heavy atom. The van der Waals surface area contributed by atoms with Gasteiger partial charge in [0.15, 0.2) is 0 Å². The van der Waals surface area contributed by atoms with Crippen LogP contribution in [0.1, 0.15) is 61.4 Å². The lowest BCUT2D eigenvalue weighted by Crippen LogP contribution is -2.42. The van der Waals surface area contributed by atoms with Gasteiger partial charge in [0.25, 0.3) is 5.91 Å². The molecular weight excluding hydrogens is 250 g/mol. The van der Waals surface area contributed by atoms with Crippen LogP contribution in [-0.4, -0.2) is 35.1 Å². The lowest BCUT2D eigenvalue weighted by atomic mass is 10.00. The predicted octanol–water partition coefficient (Wildman–Crippen LogP) is 3.19. The molecule has 1 saturated carbocycles. The maximum atomic E-state index is 12.4. The molecule has 20 heavy (non-hydrogen) atoms. The lowest BCUT2D eigenvalue weighted by molar-refractivity contribution is 0.0157. The van der Waals surface area contributed by atoms with Crippen molar-refractivity contribution in [2.45, 2.75) is 51.0 Å². The second-order valence-electron chi connectivity index (χ2n) is 6.37. The van der Waals surface area contributed by atoms with Crippen molar-refractivity contribution in [1.29, 1.82) is 0 Å². The Kier molecular flexibility index (Phi) is 4.48. The second kappa shape index (κ2) is 5.96. The molecule has 0 atom stereocenters. The Hall–Kier alpha value is -1.35. The molecule has 0 spiro atoms. The van der Waals surface area contributed by atoms with E-state index in [1.807, 2.05) is 24.3 Å². The van der Waals surface area contributed by atoms with E-state index in [0.29, 0.717) is 18.0 Å². The molecule has 1 fully saturated rings. The molecular formula is C17H25NO2. The van der Waals surface area contributed by atoms with Gasteiger partial charge in [-0.2, -0.15) is 0 Å². The van der Waals surface area contributed by atoms with Crippen molar-refractivity contribution >= 4 is 5.91 Å². The zero-order valence-corrected chi connectivity index (χ0v) is 12.7. The number of likely N-dealkylation sites (N-methyl/N-ethyl adjacent to an activating group) is 1. The fourth-order valence-corrected chi connectivity index (χ4v) is 2.94. The molecule has 1 aromatic rings. The standard InChI is InChI=1S/C17H25NO2/c1-13(2)14-6-8-15(9-7-14)16(19)18(3)12-17(20)10-4-5-11-17/h6-9,13,20H,4-5,10-12H2,1-3H3. The highest BCUT2D eigenvalue weighted by Gasteiger charge is 2.33. The Bertz CT molecular complexity index is 458. The smallest absolute Gasteiger partial charge is 0.253 e.